The zero-order valence-electron chi connectivity index (χ0n) is 15.5. The number of methoxy groups -OCH3 is 1. The molecule has 0 fully saturated rings. The average molecular weight is 355 g/mol. The average Bonchev–Trinajstić information content (AvgIpc) is 2.54. The number of nitrogens with two attached hydrogens (primary N) is 1. The Balaban J connectivity index is 6.65. The van der Waals surface area contributed by atoms with Gasteiger partial charge in [0.1, 0.15) is 5.76 Å². The van der Waals surface area contributed by atoms with Crippen molar-refractivity contribution in [2.75, 3.05) is 7.11 Å². The fraction of sp³-hybridized carbons (Fsp3) is 0.400. The zero-order chi connectivity index (χ0) is 19.6. The Morgan fingerprint density at radius 3 is 2.00 bits per heavy atom. The van der Waals surface area contributed by atoms with E-state index in [0.717, 1.165) is 24.1 Å². The smallest absolute Gasteiger partial charge is 0.416 e. The van der Waals surface area contributed by atoms with E-state index in [1.807, 2.05) is 19.9 Å². The normalized spacial score (nSPS) is 14.9. The standard InChI is InChI=1S/C20H28F3NO/c1-7-11-15(9-3)19(25-6)17(10-4)18(14(5)24)13-16(12-8-2)20(21,22)23/h10-13H,4-5,7-9,24H2,1-3,6H3/b15-11?,16-12?,18-13+,19-17-. The van der Waals surface area contributed by atoms with Crippen LogP contribution in [0.2, 0.25) is 0 Å². The Morgan fingerprint density at radius 2 is 1.68 bits per heavy atom. The summed E-state index contributed by atoms with van der Waals surface area (Å²) in [5, 5.41) is 0. The minimum atomic E-state index is -4.48. The summed E-state index contributed by atoms with van der Waals surface area (Å²) in [4.78, 5) is 0. The van der Waals surface area contributed by atoms with Crippen molar-refractivity contribution in [3.63, 3.8) is 0 Å². The van der Waals surface area contributed by atoms with Crippen LogP contribution in [0, 0.1) is 0 Å². The fourth-order valence-electron chi connectivity index (χ4n) is 2.36. The van der Waals surface area contributed by atoms with Gasteiger partial charge in [0.05, 0.1) is 12.7 Å². The highest BCUT2D eigenvalue weighted by atomic mass is 19.4. The summed E-state index contributed by atoms with van der Waals surface area (Å²) in [6.45, 7) is 12.9. The van der Waals surface area contributed by atoms with E-state index in [1.165, 1.54) is 13.2 Å². The van der Waals surface area contributed by atoms with E-state index in [1.54, 1.807) is 6.92 Å². The number of ether oxygens (including phenoxy) is 1. The first-order chi connectivity index (χ1) is 11.7. The summed E-state index contributed by atoms with van der Waals surface area (Å²) >= 11 is 0. The summed E-state index contributed by atoms with van der Waals surface area (Å²) in [6.07, 6.45) is 2.72. The molecule has 0 aliphatic heterocycles. The Morgan fingerprint density at radius 1 is 1.12 bits per heavy atom. The quantitative estimate of drug-likeness (QED) is 0.400. The number of rotatable bonds is 9. The first kappa shape index (κ1) is 22.8. The molecule has 0 saturated heterocycles. The molecule has 0 unspecified atom stereocenters. The number of hydrogen-bond donors (Lipinski definition) is 1. The second-order valence-corrected chi connectivity index (χ2v) is 5.29. The molecular formula is C20H28F3NO. The van der Waals surface area contributed by atoms with Crippen LogP contribution in [0.4, 0.5) is 13.2 Å². The van der Waals surface area contributed by atoms with Crippen LogP contribution in [0.3, 0.4) is 0 Å². The lowest BCUT2D eigenvalue weighted by molar-refractivity contribution is -0.0884. The van der Waals surface area contributed by atoms with Crippen molar-refractivity contribution in [3.8, 4) is 0 Å². The molecule has 0 radical (unpaired) electrons. The Hall–Kier alpha value is -2.17. The molecule has 2 nitrogen and oxygen atoms in total. The third kappa shape index (κ3) is 6.69. The molecule has 0 aromatic carbocycles. The highest BCUT2D eigenvalue weighted by Crippen LogP contribution is 2.33. The van der Waals surface area contributed by atoms with Crippen molar-refractivity contribution in [1.82, 2.24) is 0 Å². The van der Waals surface area contributed by atoms with Crippen LogP contribution in [0.15, 0.2) is 71.2 Å². The summed E-state index contributed by atoms with van der Waals surface area (Å²) in [7, 11) is 1.47. The molecule has 0 aliphatic carbocycles. The van der Waals surface area contributed by atoms with Crippen LogP contribution in [0.25, 0.3) is 0 Å². The maximum atomic E-state index is 13.3. The maximum Gasteiger partial charge on any atom is 0.416 e. The molecule has 0 atom stereocenters. The predicted octanol–water partition coefficient (Wildman–Crippen LogP) is 6.12. The van der Waals surface area contributed by atoms with Crippen molar-refractivity contribution >= 4 is 0 Å². The van der Waals surface area contributed by atoms with Gasteiger partial charge in [-0.3, -0.25) is 0 Å². The van der Waals surface area contributed by atoms with E-state index >= 15 is 0 Å². The van der Waals surface area contributed by atoms with E-state index in [2.05, 4.69) is 13.2 Å². The highest BCUT2D eigenvalue weighted by molar-refractivity contribution is 5.57. The molecule has 0 aromatic heterocycles. The van der Waals surface area contributed by atoms with Crippen LogP contribution < -0.4 is 5.73 Å². The Bertz CT molecular complexity index is 605. The Labute approximate surface area is 148 Å². The second-order valence-electron chi connectivity index (χ2n) is 5.29. The molecule has 0 amide bonds. The fourth-order valence-corrected chi connectivity index (χ4v) is 2.36. The molecule has 0 spiro atoms. The van der Waals surface area contributed by atoms with Gasteiger partial charge in [-0.1, -0.05) is 52.2 Å². The second kappa shape index (κ2) is 10.6. The summed E-state index contributed by atoms with van der Waals surface area (Å²) in [5.74, 6) is 0.454. The first-order valence-corrected chi connectivity index (χ1v) is 8.21. The molecule has 0 rings (SSSR count). The van der Waals surface area contributed by atoms with E-state index in [0.29, 0.717) is 17.8 Å². The van der Waals surface area contributed by atoms with Gasteiger partial charge >= 0.3 is 6.18 Å². The first-order valence-electron chi connectivity index (χ1n) is 8.21. The summed E-state index contributed by atoms with van der Waals surface area (Å²) in [6, 6.07) is 0. The molecule has 0 heterocycles. The van der Waals surface area contributed by atoms with Gasteiger partial charge in [-0.05, 0) is 30.9 Å². The van der Waals surface area contributed by atoms with Crippen LogP contribution in [-0.4, -0.2) is 13.3 Å². The van der Waals surface area contributed by atoms with Crippen molar-refractivity contribution in [2.45, 2.75) is 46.2 Å². The van der Waals surface area contributed by atoms with Crippen LogP contribution >= 0.6 is 0 Å². The molecule has 0 aliphatic rings. The molecular weight excluding hydrogens is 327 g/mol. The van der Waals surface area contributed by atoms with Gasteiger partial charge in [0.2, 0.25) is 0 Å². The lowest BCUT2D eigenvalue weighted by atomic mass is 9.95. The maximum absolute atomic E-state index is 13.3. The number of allylic oxidation sites excluding steroid dienone is 7. The monoisotopic (exact) mass is 355 g/mol. The van der Waals surface area contributed by atoms with E-state index in [-0.39, 0.29) is 17.7 Å². The Kier molecular flexibility index (Phi) is 9.72. The topological polar surface area (TPSA) is 35.2 Å². The van der Waals surface area contributed by atoms with Gasteiger partial charge in [-0.15, -0.1) is 0 Å². The van der Waals surface area contributed by atoms with Crippen molar-refractivity contribution in [1.29, 1.82) is 0 Å². The number of halogens is 3. The summed E-state index contributed by atoms with van der Waals surface area (Å²) in [5.41, 5.74) is 6.46. The van der Waals surface area contributed by atoms with Gasteiger partial charge in [-0.25, -0.2) is 0 Å². The van der Waals surface area contributed by atoms with Gasteiger partial charge in [0.15, 0.2) is 0 Å². The molecule has 25 heavy (non-hydrogen) atoms. The zero-order valence-corrected chi connectivity index (χ0v) is 15.5. The third-order valence-corrected chi connectivity index (χ3v) is 3.46. The van der Waals surface area contributed by atoms with Crippen molar-refractivity contribution in [2.24, 2.45) is 5.73 Å². The third-order valence-electron chi connectivity index (χ3n) is 3.46. The SMILES string of the molecule is C=CC(/C(=C/C(=CCC)C(F)(F)F)C(=C)N)=C(/OC)C(=CCC)CC. The largest absolute Gasteiger partial charge is 0.496 e. The molecule has 5 heteroatoms. The molecule has 140 valence electrons. The predicted molar refractivity (Wildman–Crippen MR) is 98.7 cm³/mol. The van der Waals surface area contributed by atoms with Gasteiger partial charge in [0, 0.05) is 16.8 Å². The minimum absolute atomic E-state index is 0.0163. The minimum Gasteiger partial charge on any atom is -0.496 e. The molecule has 2 N–H and O–H groups in total. The van der Waals surface area contributed by atoms with E-state index in [4.69, 9.17) is 10.5 Å². The lowest BCUT2D eigenvalue weighted by Gasteiger charge is -2.18. The molecule has 0 bridgehead atoms. The lowest BCUT2D eigenvalue weighted by Crippen LogP contribution is -2.13. The van der Waals surface area contributed by atoms with Gasteiger partial charge in [-0.2, -0.15) is 13.2 Å². The van der Waals surface area contributed by atoms with E-state index < -0.39 is 11.7 Å². The van der Waals surface area contributed by atoms with E-state index in [9.17, 15) is 13.2 Å². The van der Waals surface area contributed by atoms with Crippen molar-refractivity contribution < 1.29 is 17.9 Å². The van der Waals surface area contributed by atoms with Crippen LogP contribution in [-0.2, 0) is 4.74 Å². The molecule has 0 aromatic rings. The molecule has 0 saturated carbocycles. The number of hydrogen-bond acceptors (Lipinski definition) is 2. The van der Waals surface area contributed by atoms with Gasteiger partial charge < -0.3 is 10.5 Å². The number of alkyl halides is 3. The van der Waals surface area contributed by atoms with Crippen LogP contribution in [0.5, 0.6) is 0 Å². The van der Waals surface area contributed by atoms with Crippen LogP contribution in [0.1, 0.15) is 40.0 Å². The highest BCUT2D eigenvalue weighted by Gasteiger charge is 2.32. The van der Waals surface area contributed by atoms with Gasteiger partial charge in [0.25, 0.3) is 0 Å². The summed E-state index contributed by atoms with van der Waals surface area (Å²) < 4.78 is 45.2. The van der Waals surface area contributed by atoms with Crippen molar-refractivity contribution in [3.05, 3.63) is 71.2 Å².